The number of methoxy groups -OCH3 is 1. The van der Waals surface area contributed by atoms with Crippen LogP contribution < -0.4 is 10.6 Å². The van der Waals surface area contributed by atoms with Crippen LogP contribution in [0, 0.1) is 5.92 Å². The Kier molecular flexibility index (Phi) is 4.82. The zero-order chi connectivity index (χ0) is 12.0. The Bertz CT molecular complexity index is 296. The van der Waals surface area contributed by atoms with Crippen molar-refractivity contribution in [3.8, 4) is 0 Å². The number of urea groups is 1. The van der Waals surface area contributed by atoms with Gasteiger partial charge in [0.2, 0.25) is 0 Å². The molecule has 0 spiro atoms. The van der Waals surface area contributed by atoms with Crippen LogP contribution in [0.2, 0.25) is 0 Å². The first kappa shape index (κ1) is 12.5. The second kappa shape index (κ2) is 6.15. The number of nitrogens with one attached hydrogen (secondary N) is 2. The first-order valence-electron chi connectivity index (χ1n) is 5.41. The fourth-order valence-corrected chi connectivity index (χ4v) is 1.27. The Morgan fingerprint density at radius 2 is 2.12 bits per heavy atom. The van der Waals surface area contributed by atoms with E-state index in [9.17, 15) is 9.59 Å². The Hall–Kier alpha value is -1.52. The molecule has 1 fully saturated rings. The van der Waals surface area contributed by atoms with Gasteiger partial charge in [-0.2, -0.15) is 0 Å². The zero-order valence-electron chi connectivity index (χ0n) is 9.71. The molecule has 0 heterocycles. The van der Waals surface area contributed by atoms with Gasteiger partial charge in [0.15, 0.2) is 0 Å². The third-order valence-corrected chi connectivity index (χ3v) is 2.49. The lowest BCUT2D eigenvalue weighted by Crippen LogP contribution is -2.34. The Labute approximate surface area is 95.2 Å². The monoisotopic (exact) mass is 226 g/mol. The number of allylic oxidation sites excluding steroid dienone is 1. The maximum absolute atomic E-state index is 11.2. The molecule has 0 atom stereocenters. The van der Waals surface area contributed by atoms with E-state index in [0.717, 1.165) is 0 Å². The van der Waals surface area contributed by atoms with E-state index in [1.807, 2.05) is 6.92 Å². The number of carbonyl (C=O) groups is 2. The molecule has 90 valence electrons. The lowest BCUT2D eigenvalue weighted by molar-refractivity contribution is -0.140. The summed E-state index contributed by atoms with van der Waals surface area (Å²) in [4.78, 5) is 22.0. The maximum Gasteiger partial charge on any atom is 0.318 e. The molecule has 0 aromatic rings. The van der Waals surface area contributed by atoms with Gasteiger partial charge in [-0.25, -0.2) is 4.79 Å². The van der Waals surface area contributed by atoms with Crippen LogP contribution in [0.1, 0.15) is 26.2 Å². The standard InChI is InChI=1S/C11H18N2O3/c1-8(9-3-4-9)7-13-11(15)12-6-5-10(14)16-2/h7,9H,3-6H2,1-2H3,(H2,12,13,15)/b8-7+. The summed E-state index contributed by atoms with van der Waals surface area (Å²) in [6.45, 7) is 2.29. The third kappa shape index (κ3) is 4.82. The number of esters is 1. The van der Waals surface area contributed by atoms with Crippen molar-refractivity contribution in [3.05, 3.63) is 11.8 Å². The summed E-state index contributed by atoms with van der Waals surface area (Å²) in [7, 11) is 1.32. The minimum Gasteiger partial charge on any atom is -0.469 e. The SMILES string of the molecule is COC(=O)CCNC(=O)N/C=C(\C)C1CC1. The lowest BCUT2D eigenvalue weighted by atomic mass is 10.2. The number of hydrogen-bond donors (Lipinski definition) is 2. The van der Waals surface area contributed by atoms with Gasteiger partial charge in [0.1, 0.15) is 0 Å². The highest BCUT2D eigenvalue weighted by Gasteiger charge is 2.22. The first-order valence-corrected chi connectivity index (χ1v) is 5.41. The molecule has 0 aromatic heterocycles. The Morgan fingerprint density at radius 3 is 2.69 bits per heavy atom. The normalized spacial score (nSPS) is 15.5. The van der Waals surface area contributed by atoms with Crippen molar-refractivity contribution < 1.29 is 14.3 Å². The van der Waals surface area contributed by atoms with Gasteiger partial charge < -0.3 is 15.4 Å². The predicted octanol–water partition coefficient (Wildman–Crippen LogP) is 1.16. The molecule has 2 N–H and O–H groups in total. The van der Waals surface area contributed by atoms with Crippen molar-refractivity contribution in [2.45, 2.75) is 26.2 Å². The predicted molar refractivity (Wildman–Crippen MR) is 59.6 cm³/mol. The highest BCUT2D eigenvalue weighted by Crippen LogP contribution is 2.35. The van der Waals surface area contributed by atoms with Gasteiger partial charge >= 0.3 is 12.0 Å². The fraction of sp³-hybridized carbons (Fsp3) is 0.636. The van der Waals surface area contributed by atoms with E-state index >= 15 is 0 Å². The zero-order valence-corrected chi connectivity index (χ0v) is 9.71. The smallest absolute Gasteiger partial charge is 0.318 e. The van der Waals surface area contributed by atoms with Gasteiger partial charge in [0, 0.05) is 12.7 Å². The van der Waals surface area contributed by atoms with Crippen molar-refractivity contribution >= 4 is 12.0 Å². The van der Waals surface area contributed by atoms with Crippen LogP contribution in [-0.4, -0.2) is 25.7 Å². The van der Waals surface area contributed by atoms with Gasteiger partial charge in [-0.1, -0.05) is 5.57 Å². The van der Waals surface area contributed by atoms with Gasteiger partial charge in [0.05, 0.1) is 13.5 Å². The number of rotatable bonds is 5. The molecule has 16 heavy (non-hydrogen) atoms. The molecule has 2 amide bonds. The number of ether oxygens (including phenoxy) is 1. The topological polar surface area (TPSA) is 67.4 Å². The van der Waals surface area contributed by atoms with Gasteiger partial charge in [-0.15, -0.1) is 0 Å². The van der Waals surface area contributed by atoms with Crippen molar-refractivity contribution in [1.82, 2.24) is 10.6 Å². The molecular formula is C11H18N2O3. The minimum absolute atomic E-state index is 0.190. The Morgan fingerprint density at radius 1 is 1.44 bits per heavy atom. The van der Waals surface area contributed by atoms with E-state index in [1.165, 1.54) is 25.5 Å². The van der Waals surface area contributed by atoms with E-state index in [2.05, 4.69) is 15.4 Å². The van der Waals surface area contributed by atoms with Crippen LogP contribution >= 0.6 is 0 Å². The second-order valence-electron chi connectivity index (χ2n) is 3.89. The van der Waals surface area contributed by atoms with Gasteiger partial charge in [-0.05, 0) is 25.7 Å². The summed E-state index contributed by atoms with van der Waals surface area (Å²) in [6.07, 6.45) is 4.35. The average molecular weight is 226 g/mol. The quantitative estimate of drug-likeness (QED) is 0.691. The maximum atomic E-state index is 11.2. The molecule has 1 aliphatic rings. The summed E-state index contributed by atoms with van der Waals surface area (Å²) >= 11 is 0. The lowest BCUT2D eigenvalue weighted by Gasteiger charge is -2.04. The molecule has 5 heteroatoms. The highest BCUT2D eigenvalue weighted by atomic mass is 16.5. The molecule has 0 aromatic carbocycles. The van der Waals surface area contributed by atoms with Crippen LogP contribution in [-0.2, 0) is 9.53 Å². The van der Waals surface area contributed by atoms with Crippen molar-refractivity contribution in [3.63, 3.8) is 0 Å². The van der Waals surface area contributed by atoms with Crippen molar-refractivity contribution in [2.75, 3.05) is 13.7 Å². The van der Waals surface area contributed by atoms with Crippen LogP contribution in [0.5, 0.6) is 0 Å². The molecule has 0 radical (unpaired) electrons. The van der Waals surface area contributed by atoms with E-state index in [1.54, 1.807) is 6.20 Å². The fourth-order valence-electron chi connectivity index (χ4n) is 1.27. The van der Waals surface area contributed by atoms with Crippen LogP contribution in [0.15, 0.2) is 11.8 Å². The molecule has 0 bridgehead atoms. The van der Waals surface area contributed by atoms with Gasteiger partial charge in [-0.3, -0.25) is 4.79 Å². The molecule has 1 aliphatic carbocycles. The van der Waals surface area contributed by atoms with Gasteiger partial charge in [0.25, 0.3) is 0 Å². The number of amides is 2. The van der Waals surface area contributed by atoms with Crippen LogP contribution in [0.25, 0.3) is 0 Å². The largest absolute Gasteiger partial charge is 0.469 e. The van der Waals surface area contributed by atoms with Crippen LogP contribution in [0.3, 0.4) is 0 Å². The molecule has 0 unspecified atom stereocenters. The molecule has 0 aliphatic heterocycles. The Balaban J connectivity index is 2.10. The van der Waals surface area contributed by atoms with Crippen molar-refractivity contribution in [2.24, 2.45) is 5.92 Å². The van der Waals surface area contributed by atoms with E-state index in [-0.39, 0.29) is 25.0 Å². The minimum atomic E-state index is -0.329. The summed E-state index contributed by atoms with van der Waals surface area (Å²) in [5, 5.41) is 5.20. The van der Waals surface area contributed by atoms with E-state index in [4.69, 9.17) is 0 Å². The van der Waals surface area contributed by atoms with Crippen molar-refractivity contribution in [1.29, 1.82) is 0 Å². The highest BCUT2D eigenvalue weighted by molar-refractivity contribution is 5.76. The summed E-state index contributed by atoms with van der Waals surface area (Å²) < 4.78 is 4.45. The van der Waals surface area contributed by atoms with Crippen LogP contribution in [0.4, 0.5) is 4.79 Å². The molecule has 1 rings (SSSR count). The second-order valence-corrected chi connectivity index (χ2v) is 3.89. The summed E-state index contributed by atoms with van der Waals surface area (Å²) in [5.41, 5.74) is 1.20. The van der Waals surface area contributed by atoms with E-state index < -0.39 is 0 Å². The molecule has 0 saturated heterocycles. The summed E-state index contributed by atoms with van der Waals surface area (Å²) in [5.74, 6) is 0.320. The molecular weight excluding hydrogens is 208 g/mol. The molecule has 5 nitrogen and oxygen atoms in total. The number of hydrogen-bond acceptors (Lipinski definition) is 3. The summed E-state index contributed by atoms with van der Waals surface area (Å²) in [6, 6.07) is -0.288. The average Bonchev–Trinajstić information content (AvgIpc) is 3.09. The number of carbonyl (C=O) groups excluding carboxylic acids is 2. The molecule has 1 saturated carbocycles. The third-order valence-electron chi connectivity index (χ3n) is 2.49. The van der Waals surface area contributed by atoms with E-state index in [0.29, 0.717) is 5.92 Å². The first-order chi connectivity index (χ1) is 7.63.